The number of nitrogens with zero attached hydrogens (tertiary/aromatic N) is 4. The number of phenolic OH excluding ortho intramolecular Hbond substituents is 1. The molecular formula is C26H23F2N5O2S. The molecular weight excluding hydrogens is 484 g/mol. The van der Waals surface area contributed by atoms with Gasteiger partial charge in [-0.3, -0.25) is 13.9 Å². The number of thiazole rings is 1. The molecule has 3 aromatic heterocycles. The molecule has 0 bridgehead atoms. The molecule has 1 aliphatic carbocycles. The van der Waals surface area contributed by atoms with Gasteiger partial charge in [-0.2, -0.15) is 5.10 Å². The predicted octanol–water partition coefficient (Wildman–Crippen LogP) is 5.56. The van der Waals surface area contributed by atoms with Gasteiger partial charge in [0.15, 0.2) is 17.4 Å². The summed E-state index contributed by atoms with van der Waals surface area (Å²) in [6, 6.07) is 8.30. The van der Waals surface area contributed by atoms with Gasteiger partial charge >= 0.3 is 0 Å². The lowest BCUT2D eigenvalue weighted by Gasteiger charge is -2.28. The second kappa shape index (κ2) is 9.02. The number of hydrogen-bond donors (Lipinski definition) is 2. The SMILES string of the molecule is O=C(NC[C@H]1CC[C@H](n2cc3ccc(-c4csc5cncn45)cc3n2)CC1)c1cc(F)c(O)c(F)c1. The smallest absolute Gasteiger partial charge is 0.251 e. The Kier molecular flexibility index (Phi) is 5.67. The van der Waals surface area contributed by atoms with Crippen molar-refractivity contribution in [3.8, 4) is 17.0 Å². The maximum absolute atomic E-state index is 13.5. The molecule has 0 aliphatic heterocycles. The molecule has 0 spiro atoms. The lowest BCUT2D eigenvalue weighted by atomic mass is 9.86. The van der Waals surface area contributed by atoms with Crippen molar-refractivity contribution in [2.75, 3.05) is 6.54 Å². The number of hydrogen-bond acceptors (Lipinski definition) is 5. The minimum atomic E-state index is -1.15. The normalized spacial score (nSPS) is 18.2. The van der Waals surface area contributed by atoms with Gasteiger partial charge in [0.2, 0.25) is 0 Å². The molecule has 10 heteroatoms. The van der Waals surface area contributed by atoms with Crippen LogP contribution < -0.4 is 5.32 Å². The van der Waals surface area contributed by atoms with E-state index in [1.165, 1.54) is 0 Å². The molecule has 36 heavy (non-hydrogen) atoms. The molecule has 0 radical (unpaired) electrons. The molecule has 0 saturated heterocycles. The van der Waals surface area contributed by atoms with Crippen LogP contribution in [0.5, 0.6) is 5.75 Å². The summed E-state index contributed by atoms with van der Waals surface area (Å²) < 4.78 is 31.2. The van der Waals surface area contributed by atoms with Crippen molar-refractivity contribution in [1.29, 1.82) is 0 Å². The molecule has 1 amide bonds. The van der Waals surface area contributed by atoms with Crippen LogP contribution in [0.15, 0.2) is 54.4 Å². The van der Waals surface area contributed by atoms with Crippen LogP contribution in [0.2, 0.25) is 0 Å². The van der Waals surface area contributed by atoms with Crippen LogP contribution in [0, 0.1) is 17.6 Å². The van der Waals surface area contributed by atoms with Crippen LogP contribution in [0.3, 0.4) is 0 Å². The highest BCUT2D eigenvalue weighted by atomic mass is 32.1. The molecule has 0 atom stereocenters. The van der Waals surface area contributed by atoms with Crippen molar-refractivity contribution in [3.05, 3.63) is 71.6 Å². The van der Waals surface area contributed by atoms with Crippen LogP contribution in [0.25, 0.3) is 27.0 Å². The first-order valence-corrected chi connectivity index (χ1v) is 12.7. The number of carbonyl (C=O) groups excluding carboxylic acids is 1. The van der Waals surface area contributed by atoms with Crippen molar-refractivity contribution in [3.63, 3.8) is 0 Å². The lowest BCUT2D eigenvalue weighted by Crippen LogP contribution is -2.31. The average molecular weight is 508 g/mol. The van der Waals surface area contributed by atoms with E-state index >= 15 is 0 Å². The molecule has 184 valence electrons. The summed E-state index contributed by atoms with van der Waals surface area (Å²) in [6.45, 7) is 0.434. The Hall–Kier alpha value is -3.79. The number of carbonyl (C=O) groups is 1. The van der Waals surface area contributed by atoms with Gasteiger partial charge in [-0.05, 0) is 49.8 Å². The first-order chi connectivity index (χ1) is 17.5. The quantitative estimate of drug-likeness (QED) is 0.326. The van der Waals surface area contributed by atoms with E-state index in [4.69, 9.17) is 5.10 Å². The maximum Gasteiger partial charge on any atom is 0.251 e. The third-order valence-electron chi connectivity index (χ3n) is 7.00. The summed E-state index contributed by atoms with van der Waals surface area (Å²) in [6.07, 6.45) is 9.48. The van der Waals surface area contributed by atoms with Crippen molar-refractivity contribution in [2.45, 2.75) is 31.7 Å². The van der Waals surface area contributed by atoms with Crippen LogP contribution >= 0.6 is 11.3 Å². The van der Waals surface area contributed by atoms with E-state index in [9.17, 15) is 18.7 Å². The monoisotopic (exact) mass is 507 g/mol. The summed E-state index contributed by atoms with van der Waals surface area (Å²) in [5.41, 5.74) is 3.01. The highest BCUT2D eigenvalue weighted by molar-refractivity contribution is 7.15. The number of imidazole rings is 1. The lowest BCUT2D eigenvalue weighted by molar-refractivity contribution is 0.0940. The molecule has 2 N–H and O–H groups in total. The van der Waals surface area contributed by atoms with Crippen molar-refractivity contribution in [2.24, 2.45) is 5.92 Å². The van der Waals surface area contributed by atoms with Crippen molar-refractivity contribution in [1.82, 2.24) is 24.5 Å². The van der Waals surface area contributed by atoms with Crippen LogP contribution in [0.1, 0.15) is 42.1 Å². The molecule has 1 fully saturated rings. The molecule has 1 saturated carbocycles. The average Bonchev–Trinajstić information content (AvgIpc) is 3.61. The van der Waals surface area contributed by atoms with Gasteiger partial charge in [-0.25, -0.2) is 13.8 Å². The van der Waals surface area contributed by atoms with Crippen molar-refractivity contribution >= 4 is 33.0 Å². The Bertz CT molecular complexity index is 1560. The third kappa shape index (κ3) is 4.11. The summed E-state index contributed by atoms with van der Waals surface area (Å²) in [5, 5.41) is 20.1. The van der Waals surface area contributed by atoms with E-state index in [2.05, 4.69) is 49.2 Å². The second-order valence-corrected chi connectivity index (χ2v) is 10.2. The summed E-state index contributed by atoms with van der Waals surface area (Å²) >= 11 is 1.66. The van der Waals surface area contributed by atoms with Gasteiger partial charge in [0.05, 0.1) is 23.4 Å². The largest absolute Gasteiger partial charge is 0.503 e. The van der Waals surface area contributed by atoms with Gasteiger partial charge in [0.1, 0.15) is 11.2 Å². The Morgan fingerprint density at radius 3 is 2.69 bits per heavy atom. The number of nitrogens with one attached hydrogen (secondary N) is 1. The standard InChI is InChI=1S/C26H23F2N5O2S/c27-20-7-18(8-21(28)25(20)34)26(35)30-10-15-1-5-19(6-2-15)33-12-17-4-3-16(9-22(17)31-33)23-13-36-24-11-29-14-32(23)24/h3-4,7-9,11-15,19,34H,1-2,5-6,10H2,(H,30,35)/t15-,19-. The van der Waals surface area contributed by atoms with Crippen LogP contribution in [0.4, 0.5) is 8.78 Å². The number of aromatic nitrogens is 4. The number of amides is 1. The molecule has 2 aromatic carbocycles. The summed E-state index contributed by atoms with van der Waals surface area (Å²) in [4.78, 5) is 17.6. The number of aromatic hydroxyl groups is 1. The van der Waals surface area contributed by atoms with Gasteiger partial charge in [0.25, 0.3) is 5.91 Å². The Morgan fingerprint density at radius 2 is 1.92 bits per heavy atom. The second-order valence-electron chi connectivity index (χ2n) is 9.28. The maximum atomic E-state index is 13.5. The fourth-order valence-corrected chi connectivity index (χ4v) is 5.82. The molecule has 0 unspecified atom stereocenters. The summed E-state index contributed by atoms with van der Waals surface area (Å²) in [5.74, 6) is -3.64. The van der Waals surface area contributed by atoms with E-state index in [-0.39, 0.29) is 17.5 Å². The van der Waals surface area contributed by atoms with Crippen molar-refractivity contribution < 1.29 is 18.7 Å². The molecule has 7 nitrogen and oxygen atoms in total. The van der Waals surface area contributed by atoms with Gasteiger partial charge in [0, 0.05) is 34.6 Å². The van der Waals surface area contributed by atoms with E-state index in [1.807, 2.05) is 12.5 Å². The molecule has 1 aliphatic rings. The van der Waals surface area contributed by atoms with Gasteiger partial charge in [-0.15, -0.1) is 11.3 Å². The Balaban J connectivity index is 1.09. The Labute approximate surface area is 209 Å². The number of rotatable bonds is 5. The first-order valence-electron chi connectivity index (χ1n) is 11.8. The van der Waals surface area contributed by atoms with E-state index in [0.717, 1.165) is 64.8 Å². The third-order valence-corrected chi connectivity index (χ3v) is 7.88. The molecule has 3 heterocycles. The minimum Gasteiger partial charge on any atom is -0.503 e. The van der Waals surface area contributed by atoms with E-state index in [1.54, 1.807) is 11.3 Å². The first kappa shape index (κ1) is 22.7. The topological polar surface area (TPSA) is 84.5 Å². The molecule has 6 rings (SSSR count). The zero-order valence-corrected chi connectivity index (χ0v) is 20.0. The minimum absolute atomic E-state index is 0.143. The number of phenols is 1. The fraction of sp³-hybridized carbons (Fsp3) is 0.269. The number of halogens is 2. The highest BCUT2D eigenvalue weighted by Crippen LogP contribution is 2.34. The van der Waals surface area contributed by atoms with Crippen LogP contribution in [-0.2, 0) is 0 Å². The van der Waals surface area contributed by atoms with Crippen LogP contribution in [-0.4, -0.2) is 36.7 Å². The highest BCUT2D eigenvalue weighted by Gasteiger charge is 2.24. The van der Waals surface area contributed by atoms with E-state index < -0.39 is 23.3 Å². The zero-order chi connectivity index (χ0) is 24.8. The van der Waals surface area contributed by atoms with Gasteiger partial charge in [-0.1, -0.05) is 12.1 Å². The summed E-state index contributed by atoms with van der Waals surface area (Å²) in [7, 11) is 0. The predicted molar refractivity (Wildman–Crippen MR) is 133 cm³/mol. The van der Waals surface area contributed by atoms with E-state index in [0.29, 0.717) is 6.54 Å². The molecule has 5 aromatic rings. The number of fused-ring (bicyclic) bond motifs is 2. The fourth-order valence-electron chi connectivity index (χ4n) is 4.96. The Morgan fingerprint density at radius 1 is 1.14 bits per heavy atom. The number of benzene rings is 2. The van der Waals surface area contributed by atoms with Gasteiger partial charge < -0.3 is 10.4 Å². The zero-order valence-electron chi connectivity index (χ0n) is 19.2.